The highest BCUT2D eigenvalue weighted by Gasteiger charge is 2.37. The summed E-state index contributed by atoms with van der Waals surface area (Å²) in [4.78, 5) is 42.6. The van der Waals surface area contributed by atoms with E-state index in [4.69, 9.17) is 0 Å². The van der Waals surface area contributed by atoms with Gasteiger partial charge in [0.2, 0.25) is 5.91 Å². The van der Waals surface area contributed by atoms with Crippen molar-refractivity contribution in [3.63, 3.8) is 0 Å². The highest BCUT2D eigenvalue weighted by atomic mass is 19.1. The number of fused-ring (bicyclic) bond motifs is 1. The molecule has 0 fully saturated rings. The van der Waals surface area contributed by atoms with E-state index in [0.29, 0.717) is 17.7 Å². The monoisotopic (exact) mass is 473 g/mol. The number of aryl methyl sites for hydroxylation is 1. The van der Waals surface area contributed by atoms with Crippen LogP contribution in [0.15, 0.2) is 72.9 Å². The van der Waals surface area contributed by atoms with Crippen LogP contribution < -0.4 is 5.32 Å². The summed E-state index contributed by atoms with van der Waals surface area (Å²) in [7, 11) is 1.27. The second-order valence-electron chi connectivity index (χ2n) is 8.17. The van der Waals surface area contributed by atoms with Gasteiger partial charge in [0.25, 0.3) is 5.91 Å². The lowest BCUT2D eigenvalue weighted by Crippen LogP contribution is -2.26. The molecule has 2 amide bonds. The Morgan fingerprint density at radius 1 is 1.14 bits per heavy atom. The number of carbonyl (C=O) groups is 3. The zero-order valence-corrected chi connectivity index (χ0v) is 19.3. The molecule has 1 unspecified atom stereocenters. The Hall–Kier alpha value is -4.33. The summed E-state index contributed by atoms with van der Waals surface area (Å²) in [5, 5.41) is 2.64. The van der Waals surface area contributed by atoms with Crippen LogP contribution in [-0.2, 0) is 16.1 Å². The predicted octanol–water partition coefficient (Wildman–Crippen LogP) is 4.60. The number of benzene rings is 2. The van der Waals surface area contributed by atoms with E-state index in [1.54, 1.807) is 23.1 Å². The molecule has 0 saturated carbocycles. The van der Waals surface area contributed by atoms with Crippen LogP contribution in [0.3, 0.4) is 0 Å². The van der Waals surface area contributed by atoms with Crippen molar-refractivity contribution in [2.45, 2.75) is 25.9 Å². The molecule has 0 radical (unpaired) electrons. The van der Waals surface area contributed by atoms with Crippen LogP contribution in [0.25, 0.3) is 0 Å². The molecule has 0 spiro atoms. The van der Waals surface area contributed by atoms with Gasteiger partial charge in [-0.15, -0.1) is 0 Å². The molecule has 1 atom stereocenters. The Kier molecular flexibility index (Phi) is 7.01. The Morgan fingerprint density at radius 2 is 1.91 bits per heavy atom. The maximum Gasteiger partial charge on any atom is 0.339 e. The molecule has 1 aromatic heterocycles. The van der Waals surface area contributed by atoms with Crippen molar-refractivity contribution in [1.29, 1.82) is 0 Å². The van der Waals surface area contributed by atoms with E-state index >= 15 is 0 Å². The molecule has 1 N–H and O–H groups in total. The molecule has 4 rings (SSSR count). The number of hydrogen-bond acceptors (Lipinski definition) is 5. The standard InChI is InChI=1S/C27H24FN3O4/c1-17-9-11-18(12-10-17)16-31-22(25-20(26(31)33)5-3-6-21(25)28)7-4-8-24(32)30-23-14-13-19(15-29-23)27(34)35-2/h3-7,9-15,22H,8,16H2,1-2H3,(H,29,30,32). The summed E-state index contributed by atoms with van der Waals surface area (Å²) in [5.41, 5.74) is 2.93. The van der Waals surface area contributed by atoms with E-state index in [9.17, 15) is 18.8 Å². The molecule has 1 aliphatic heterocycles. The number of methoxy groups -OCH3 is 1. The number of hydrogen-bond donors (Lipinski definition) is 1. The van der Waals surface area contributed by atoms with E-state index in [2.05, 4.69) is 15.0 Å². The average molecular weight is 474 g/mol. The molecule has 3 aromatic rings. The maximum absolute atomic E-state index is 14.7. The number of amides is 2. The molecule has 7 nitrogen and oxygen atoms in total. The number of anilines is 1. The number of aromatic nitrogens is 1. The molecule has 0 saturated heterocycles. The molecule has 35 heavy (non-hydrogen) atoms. The third-order valence-corrected chi connectivity index (χ3v) is 5.72. The van der Waals surface area contributed by atoms with Crippen molar-refractivity contribution in [2.75, 3.05) is 12.4 Å². The zero-order chi connectivity index (χ0) is 24.9. The van der Waals surface area contributed by atoms with Gasteiger partial charge >= 0.3 is 5.97 Å². The number of nitrogens with one attached hydrogen (secondary N) is 1. The first-order chi connectivity index (χ1) is 16.9. The fourth-order valence-corrected chi connectivity index (χ4v) is 3.93. The number of nitrogens with zero attached hydrogens (tertiary/aromatic N) is 2. The minimum absolute atomic E-state index is 0.00667. The SMILES string of the molecule is COC(=O)c1ccc(NC(=O)CC=CC2c3c(F)cccc3C(=O)N2Cc2ccc(C)cc2)nc1. The molecule has 0 bridgehead atoms. The Labute approximate surface area is 202 Å². The van der Waals surface area contributed by atoms with Crippen LogP contribution in [0.5, 0.6) is 0 Å². The summed E-state index contributed by atoms with van der Waals surface area (Å²) >= 11 is 0. The lowest BCUT2D eigenvalue weighted by molar-refractivity contribution is -0.115. The number of esters is 1. The van der Waals surface area contributed by atoms with Gasteiger partial charge in [0.15, 0.2) is 0 Å². The Balaban J connectivity index is 1.48. The van der Waals surface area contributed by atoms with Crippen molar-refractivity contribution in [3.8, 4) is 0 Å². The number of carbonyl (C=O) groups excluding carboxylic acids is 3. The third kappa shape index (κ3) is 5.27. The Bertz CT molecular complexity index is 1290. The molecule has 8 heteroatoms. The van der Waals surface area contributed by atoms with Crippen molar-refractivity contribution in [2.24, 2.45) is 0 Å². The van der Waals surface area contributed by atoms with Crippen LogP contribution >= 0.6 is 0 Å². The molecule has 2 aromatic carbocycles. The average Bonchev–Trinajstić information content (AvgIpc) is 3.12. The molecular formula is C27H24FN3O4. The molecule has 178 valence electrons. The highest BCUT2D eigenvalue weighted by molar-refractivity contribution is 5.99. The third-order valence-electron chi connectivity index (χ3n) is 5.72. The van der Waals surface area contributed by atoms with E-state index in [-0.39, 0.29) is 29.6 Å². The van der Waals surface area contributed by atoms with Crippen molar-refractivity contribution in [1.82, 2.24) is 9.88 Å². The fourth-order valence-electron chi connectivity index (χ4n) is 3.93. The highest BCUT2D eigenvalue weighted by Crippen LogP contribution is 2.37. The Morgan fingerprint density at radius 3 is 2.60 bits per heavy atom. The van der Waals surface area contributed by atoms with Crippen LogP contribution in [0.2, 0.25) is 0 Å². The molecular weight excluding hydrogens is 449 g/mol. The summed E-state index contributed by atoms with van der Waals surface area (Å²) in [6.07, 6.45) is 4.59. The fraction of sp³-hybridized carbons (Fsp3) is 0.185. The predicted molar refractivity (Wildman–Crippen MR) is 128 cm³/mol. The van der Waals surface area contributed by atoms with Gasteiger partial charge in [-0.2, -0.15) is 0 Å². The number of halogens is 1. The molecule has 2 heterocycles. The lowest BCUT2D eigenvalue weighted by Gasteiger charge is -2.23. The van der Waals surface area contributed by atoms with Crippen molar-refractivity contribution >= 4 is 23.6 Å². The first-order valence-electron chi connectivity index (χ1n) is 11.0. The normalized spacial score (nSPS) is 14.8. The van der Waals surface area contributed by atoms with Crippen molar-refractivity contribution in [3.05, 3.63) is 107 Å². The van der Waals surface area contributed by atoms with Crippen LogP contribution in [0.1, 0.15) is 49.9 Å². The van der Waals surface area contributed by atoms with E-state index in [1.165, 1.54) is 37.6 Å². The second kappa shape index (κ2) is 10.3. The van der Waals surface area contributed by atoms with Gasteiger partial charge in [-0.3, -0.25) is 9.59 Å². The van der Waals surface area contributed by atoms with Crippen LogP contribution in [-0.4, -0.2) is 34.8 Å². The number of ether oxygens (including phenoxy) is 1. The first kappa shape index (κ1) is 23.8. The van der Waals surface area contributed by atoms with Gasteiger partial charge in [0, 0.05) is 30.3 Å². The topological polar surface area (TPSA) is 88.6 Å². The summed E-state index contributed by atoms with van der Waals surface area (Å²) in [6, 6.07) is 14.6. The van der Waals surface area contributed by atoms with E-state index < -0.39 is 17.8 Å². The smallest absolute Gasteiger partial charge is 0.339 e. The van der Waals surface area contributed by atoms with Crippen LogP contribution in [0, 0.1) is 12.7 Å². The zero-order valence-electron chi connectivity index (χ0n) is 19.3. The van der Waals surface area contributed by atoms with E-state index in [1.807, 2.05) is 31.2 Å². The minimum atomic E-state index is -0.634. The van der Waals surface area contributed by atoms with E-state index in [0.717, 1.165) is 11.1 Å². The quantitative estimate of drug-likeness (QED) is 0.400. The molecule has 0 aliphatic carbocycles. The second-order valence-corrected chi connectivity index (χ2v) is 8.17. The van der Waals surface area contributed by atoms with Gasteiger partial charge in [-0.1, -0.05) is 48.0 Å². The summed E-state index contributed by atoms with van der Waals surface area (Å²) < 4.78 is 19.4. The maximum atomic E-state index is 14.7. The van der Waals surface area contributed by atoms with Crippen molar-refractivity contribution < 1.29 is 23.5 Å². The molecule has 1 aliphatic rings. The van der Waals surface area contributed by atoms with Gasteiger partial charge in [-0.05, 0) is 36.8 Å². The lowest BCUT2D eigenvalue weighted by atomic mass is 10.0. The van der Waals surface area contributed by atoms with Gasteiger partial charge in [0.1, 0.15) is 11.6 Å². The van der Waals surface area contributed by atoms with Gasteiger partial charge in [0.05, 0.1) is 18.7 Å². The first-order valence-corrected chi connectivity index (χ1v) is 11.0. The van der Waals surface area contributed by atoms with Gasteiger partial charge < -0.3 is 15.0 Å². The van der Waals surface area contributed by atoms with Gasteiger partial charge in [-0.25, -0.2) is 14.2 Å². The minimum Gasteiger partial charge on any atom is -0.465 e. The number of rotatable bonds is 7. The summed E-state index contributed by atoms with van der Waals surface area (Å²) in [5.74, 6) is -1.30. The summed E-state index contributed by atoms with van der Waals surface area (Å²) in [6.45, 7) is 2.29. The largest absolute Gasteiger partial charge is 0.465 e. The number of pyridine rings is 1. The van der Waals surface area contributed by atoms with Crippen LogP contribution in [0.4, 0.5) is 10.2 Å².